The summed E-state index contributed by atoms with van der Waals surface area (Å²) < 4.78 is 0. The van der Waals surface area contributed by atoms with E-state index in [2.05, 4.69) is 36.6 Å². The number of nitro groups is 1. The van der Waals surface area contributed by atoms with E-state index in [1.807, 2.05) is 0 Å². The molecule has 27 heavy (non-hydrogen) atoms. The smallest absolute Gasteiger partial charge is 0.293 e. The molecule has 1 aromatic rings. The highest BCUT2D eigenvalue weighted by molar-refractivity contribution is 5.99. The fourth-order valence-electron chi connectivity index (χ4n) is 4.67. The van der Waals surface area contributed by atoms with Crippen LogP contribution in [-0.2, 0) is 0 Å². The lowest BCUT2D eigenvalue weighted by Gasteiger charge is -2.34. The Balaban J connectivity index is 1.52. The molecule has 0 unspecified atom stereocenters. The Hall–Kier alpha value is -2.44. The van der Waals surface area contributed by atoms with Crippen LogP contribution in [0.3, 0.4) is 0 Å². The first-order valence-corrected chi connectivity index (χ1v) is 9.65. The Morgan fingerprint density at radius 3 is 2.56 bits per heavy atom. The normalized spacial score (nSPS) is 29.7. The maximum atomic E-state index is 12.5. The van der Waals surface area contributed by atoms with Crippen LogP contribution in [0.1, 0.15) is 63.2 Å². The first-order valence-electron chi connectivity index (χ1n) is 9.65. The van der Waals surface area contributed by atoms with Gasteiger partial charge in [0.15, 0.2) is 0 Å². The molecule has 0 saturated heterocycles. The van der Waals surface area contributed by atoms with Gasteiger partial charge in [0, 0.05) is 28.8 Å². The number of nitro benzene ring substituents is 1. The van der Waals surface area contributed by atoms with Crippen LogP contribution in [0.2, 0.25) is 0 Å². The summed E-state index contributed by atoms with van der Waals surface area (Å²) in [6, 6.07) is 4.85. The van der Waals surface area contributed by atoms with Crippen molar-refractivity contribution in [2.75, 3.05) is 5.32 Å². The monoisotopic (exact) mass is 370 g/mol. The predicted molar refractivity (Wildman–Crippen MR) is 104 cm³/mol. The third-order valence-electron chi connectivity index (χ3n) is 7.20. The molecule has 3 saturated carbocycles. The van der Waals surface area contributed by atoms with E-state index in [9.17, 15) is 14.9 Å². The van der Waals surface area contributed by atoms with Gasteiger partial charge in [0.1, 0.15) is 5.69 Å². The standard InChI is InChI=1S/C20H26N4O3/c1-19(2)13-8-9-20(19,3)17(11-13)22-23-18(25)12-4-7-15(21-14-5-6-14)16(10-12)24(26)27/h4,7,10,13-14,21H,5-6,8-9,11H2,1-3H3,(H,23,25)/b22-17+/t13-,20+/m1/s1. The molecule has 4 rings (SSSR count). The molecule has 2 bridgehead atoms. The number of nitrogens with zero attached hydrogens (tertiary/aromatic N) is 2. The number of rotatable bonds is 5. The Kier molecular flexibility index (Phi) is 4.01. The number of carbonyl (C=O) groups excluding carboxylic acids is 1. The molecule has 144 valence electrons. The van der Waals surface area contributed by atoms with Crippen molar-refractivity contribution in [1.29, 1.82) is 0 Å². The lowest BCUT2D eigenvalue weighted by molar-refractivity contribution is -0.384. The third kappa shape index (κ3) is 2.89. The molecule has 1 amide bonds. The highest BCUT2D eigenvalue weighted by Gasteiger charge is 2.60. The van der Waals surface area contributed by atoms with Gasteiger partial charge in [-0.15, -0.1) is 0 Å². The molecule has 7 heteroatoms. The molecule has 2 N–H and O–H groups in total. The zero-order chi connectivity index (χ0) is 19.4. The molecule has 0 aliphatic heterocycles. The summed E-state index contributed by atoms with van der Waals surface area (Å²) in [5.74, 6) is 0.194. The van der Waals surface area contributed by atoms with Gasteiger partial charge < -0.3 is 5.32 Å². The van der Waals surface area contributed by atoms with Crippen LogP contribution in [-0.4, -0.2) is 22.6 Å². The lowest BCUT2D eigenvalue weighted by Crippen LogP contribution is -2.34. The highest BCUT2D eigenvalue weighted by Crippen LogP contribution is 2.63. The van der Waals surface area contributed by atoms with E-state index >= 15 is 0 Å². The predicted octanol–water partition coefficient (Wildman–Crippen LogP) is 4.10. The Bertz CT molecular complexity index is 844. The van der Waals surface area contributed by atoms with Crippen molar-refractivity contribution in [3.63, 3.8) is 0 Å². The van der Waals surface area contributed by atoms with Crippen molar-refractivity contribution >= 4 is 23.0 Å². The summed E-state index contributed by atoms with van der Waals surface area (Å²) >= 11 is 0. The van der Waals surface area contributed by atoms with Crippen molar-refractivity contribution in [1.82, 2.24) is 5.43 Å². The van der Waals surface area contributed by atoms with Crippen LogP contribution in [0, 0.1) is 26.9 Å². The number of nitrogens with one attached hydrogen (secondary N) is 2. The van der Waals surface area contributed by atoms with Crippen LogP contribution in [0.5, 0.6) is 0 Å². The maximum absolute atomic E-state index is 12.5. The molecule has 2 atom stereocenters. The molecule has 3 aliphatic carbocycles. The average Bonchev–Trinajstić information content (AvgIpc) is 3.38. The minimum Gasteiger partial charge on any atom is -0.377 e. The van der Waals surface area contributed by atoms with Crippen molar-refractivity contribution < 1.29 is 9.72 Å². The van der Waals surface area contributed by atoms with Gasteiger partial charge in [0.25, 0.3) is 11.6 Å². The van der Waals surface area contributed by atoms with Gasteiger partial charge in [-0.05, 0) is 55.6 Å². The minimum absolute atomic E-state index is 0.00891. The van der Waals surface area contributed by atoms with E-state index in [4.69, 9.17) is 0 Å². The summed E-state index contributed by atoms with van der Waals surface area (Å²) in [6.07, 6.45) is 5.25. The van der Waals surface area contributed by atoms with Gasteiger partial charge in [-0.1, -0.05) is 20.8 Å². The summed E-state index contributed by atoms with van der Waals surface area (Å²) in [6.45, 7) is 6.79. The van der Waals surface area contributed by atoms with Crippen molar-refractivity contribution in [3.8, 4) is 0 Å². The summed E-state index contributed by atoms with van der Waals surface area (Å²) in [5.41, 5.74) is 4.51. The second-order valence-corrected chi connectivity index (χ2v) is 8.90. The van der Waals surface area contributed by atoms with Crippen LogP contribution >= 0.6 is 0 Å². The Morgan fingerprint density at radius 1 is 1.26 bits per heavy atom. The van der Waals surface area contributed by atoms with Crippen LogP contribution in [0.25, 0.3) is 0 Å². The number of hydrogen-bond donors (Lipinski definition) is 2. The molecular weight excluding hydrogens is 344 g/mol. The van der Waals surface area contributed by atoms with Gasteiger partial charge in [0.2, 0.25) is 0 Å². The fourth-order valence-corrected chi connectivity index (χ4v) is 4.67. The first-order chi connectivity index (χ1) is 12.7. The lowest BCUT2D eigenvalue weighted by atomic mass is 9.70. The van der Waals surface area contributed by atoms with E-state index in [1.165, 1.54) is 12.5 Å². The van der Waals surface area contributed by atoms with Gasteiger partial charge in [-0.3, -0.25) is 14.9 Å². The van der Waals surface area contributed by atoms with Crippen LogP contribution in [0.15, 0.2) is 23.3 Å². The van der Waals surface area contributed by atoms with Gasteiger partial charge in [-0.2, -0.15) is 5.10 Å². The number of hydrogen-bond acceptors (Lipinski definition) is 5. The summed E-state index contributed by atoms with van der Waals surface area (Å²) in [5, 5.41) is 18.9. The number of fused-ring (bicyclic) bond motifs is 2. The molecule has 0 radical (unpaired) electrons. The van der Waals surface area contributed by atoms with E-state index < -0.39 is 10.8 Å². The molecule has 0 aromatic heterocycles. The van der Waals surface area contributed by atoms with Gasteiger partial charge in [0.05, 0.1) is 4.92 Å². The average molecular weight is 370 g/mol. The number of anilines is 1. The van der Waals surface area contributed by atoms with Crippen molar-refractivity contribution in [2.45, 2.75) is 58.9 Å². The number of benzene rings is 1. The van der Waals surface area contributed by atoms with E-state index in [0.29, 0.717) is 17.6 Å². The molecule has 3 aliphatic rings. The molecule has 0 heterocycles. The fraction of sp³-hybridized carbons (Fsp3) is 0.600. The number of amides is 1. The SMILES string of the molecule is CC1(C)[C@@H]2CC[C@@]1(C)/C(=N/NC(=O)c1ccc(NC3CC3)c([N+](=O)[O-])c1)C2. The topological polar surface area (TPSA) is 96.6 Å². The minimum atomic E-state index is -0.452. The van der Waals surface area contributed by atoms with Gasteiger partial charge >= 0.3 is 0 Å². The van der Waals surface area contributed by atoms with Gasteiger partial charge in [-0.25, -0.2) is 5.43 Å². The zero-order valence-corrected chi connectivity index (χ0v) is 16.0. The number of hydrazone groups is 1. The Morgan fingerprint density at radius 2 is 2.00 bits per heavy atom. The van der Waals surface area contributed by atoms with E-state index in [1.54, 1.807) is 12.1 Å². The van der Waals surface area contributed by atoms with E-state index in [0.717, 1.165) is 31.4 Å². The molecular formula is C20H26N4O3. The van der Waals surface area contributed by atoms with Crippen molar-refractivity contribution in [2.24, 2.45) is 21.8 Å². The largest absolute Gasteiger partial charge is 0.377 e. The highest BCUT2D eigenvalue weighted by atomic mass is 16.6. The summed E-state index contributed by atoms with van der Waals surface area (Å²) in [4.78, 5) is 23.5. The molecule has 1 aromatic carbocycles. The Labute approximate surface area is 158 Å². The molecule has 7 nitrogen and oxygen atoms in total. The second kappa shape index (κ2) is 6.04. The number of carbonyl (C=O) groups is 1. The van der Waals surface area contributed by atoms with Crippen LogP contribution in [0.4, 0.5) is 11.4 Å². The molecule has 3 fully saturated rings. The van der Waals surface area contributed by atoms with Crippen LogP contribution < -0.4 is 10.7 Å². The molecule has 0 spiro atoms. The third-order valence-corrected chi connectivity index (χ3v) is 7.20. The first kappa shape index (κ1) is 17.9. The zero-order valence-electron chi connectivity index (χ0n) is 16.0. The summed E-state index contributed by atoms with van der Waals surface area (Å²) in [7, 11) is 0. The van der Waals surface area contributed by atoms with E-state index in [-0.39, 0.29) is 22.1 Å². The van der Waals surface area contributed by atoms with Crippen molar-refractivity contribution in [3.05, 3.63) is 33.9 Å². The quantitative estimate of drug-likeness (QED) is 0.602. The second-order valence-electron chi connectivity index (χ2n) is 8.90. The maximum Gasteiger partial charge on any atom is 0.293 e.